The Morgan fingerprint density at radius 3 is 2.07 bits per heavy atom. The zero-order valence-electron chi connectivity index (χ0n) is 19.6. The Labute approximate surface area is 180 Å². The van der Waals surface area contributed by atoms with Crippen LogP contribution in [0.3, 0.4) is 0 Å². The minimum absolute atomic E-state index is 0.128. The highest BCUT2D eigenvalue weighted by molar-refractivity contribution is 5.73. The van der Waals surface area contributed by atoms with E-state index in [2.05, 4.69) is 13.8 Å². The molecular weight excluding hydrogens is 356 g/mol. The van der Waals surface area contributed by atoms with E-state index in [0.717, 1.165) is 56.3 Å². The maximum Gasteiger partial charge on any atom is 0.309 e. The second kappa shape index (κ2) is 11.8. The first-order valence-electron chi connectivity index (χ1n) is 13.4. The van der Waals surface area contributed by atoms with Crippen LogP contribution in [0.2, 0.25) is 0 Å². The zero-order valence-corrected chi connectivity index (χ0v) is 19.6. The normalized spacial score (nSPS) is 34.1. The number of rotatable bonds is 9. The Kier molecular flexibility index (Phi) is 9.38. The third-order valence-electron chi connectivity index (χ3n) is 8.68. The summed E-state index contributed by atoms with van der Waals surface area (Å²) >= 11 is 0. The highest BCUT2D eigenvalue weighted by Gasteiger charge is 2.41. The predicted molar refractivity (Wildman–Crippen MR) is 122 cm³/mol. The van der Waals surface area contributed by atoms with Gasteiger partial charge in [-0.25, -0.2) is 0 Å². The lowest BCUT2D eigenvalue weighted by Crippen LogP contribution is -2.42. The predicted octanol–water partition coefficient (Wildman–Crippen LogP) is 8.23. The summed E-state index contributed by atoms with van der Waals surface area (Å²) in [7, 11) is 0. The molecule has 0 aromatic heterocycles. The minimum atomic E-state index is -0.128. The Morgan fingerprint density at radius 2 is 1.45 bits per heavy atom. The summed E-state index contributed by atoms with van der Waals surface area (Å²) in [6.45, 7) is 4.56. The molecule has 0 radical (unpaired) electrons. The summed E-state index contributed by atoms with van der Waals surface area (Å²) in [5.74, 6) is 3.19. The first-order valence-corrected chi connectivity index (χ1v) is 13.4. The molecule has 0 N–H and O–H groups in total. The van der Waals surface area contributed by atoms with E-state index in [4.69, 9.17) is 4.74 Å². The van der Waals surface area contributed by atoms with Gasteiger partial charge in [0.15, 0.2) is 0 Å². The lowest BCUT2D eigenvalue weighted by atomic mass is 9.67. The standard InChI is InChI=1S/C27H48O2/c1-3-5-7-10-22-13-15-23(16-14-22)24-17-20-27(19-4-2,21-18-24)29-26(28)25-11-8-6-9-12-25/h22-25H,3-21H2,1-2H3. The molecule has 0 bridgehead atoms. The smallest absolute Gasteiger partial charge is 0.309 e. The Hall–Kier alpha value is -0.530. The van der Waals surface area contributed by atoms with Crippen molar-refractivity contribution < 1.29 is 9.53 Å². The van der Waals surface area contributed by atoms with E-state index in [9.17, 15) is 4.79 Å². The van der Waals surface area contributed by atoms with Crippen LogP contribution < -0.4 is 0 Å². The van der Waals surface area contributed by atoms with Crippen molar-refractivity contribution in [2.75, 3.05) is 0 Å². The summed E-state index contributed by atoms with van der Waals surface area (Å²) in [5.41, 5.74) is -0.128. The van der Waals surface area contributed by atoms with E-state index in [1.165, 1.54) is 83.5 Å². The summed E-state index contributed by atoms with van der Waals surface area (Å²) < 4.78 is 6.33. The minimum Gasteiger partial charge on any atom is -0.459 e. The zero-order chi connectivity index (χ0) is 20.5. The molecular formula is C27H48O2. The number of hydrogen-bond donors (Lipinski definition) is 0. The molecule has 0 spiro atoms. The van der Waals surface area contributed by atoms with Crippen LogP contribution in [0.15, 0.2) is 0 Å². The molecule has 3 aliphatic carbocycles. The van der Waals surface area contributed by atoms with Crippen LogP contribution in [-0.4, -0.2) is 11.6 Å². The maximum atomic E-state index is 12.9. The highest BCUT2D eigenvalue weighted by Crippen LogP contribution is 2.46. The van der Waals surface area contributed by atoms with Crippen molar-refractivity contribution >= 4 is 5.97 Å². The van der Waals surface area contributed by atoms with Crippen LogP contribution in [0.4, 0.5) is 0 Å². The number of ether oxygens (including phenoxy) is 1. The molecule has 0 saturated heterocycles. The molecule has 0 heterocycles. The lowest BCUT2D eigenvalue weighted by Gasteiger charge is -2.44. The van der Waals surface area contributed by atoms with Gasteiger partial charge in [0.05, 0.1) is 5.92 Å². The lowest BCUT2D eigenvalue weighted by molar-refractivity contribution is -0.172. The van der Waals surface area contributed by atoms with E-state index >= 15 is 0 Å². The van der Waals surface area contributed by atoms with E-state index in [1.807, 2.05) is 0 Å². The van der Waals surface area contributed by atoms with Crippen LogP contribution in [0.1, 0.15) is 136 Å². The average Bonchev–Trinajstić information content (AvgIpc) is 2.76. The Balaban J connectivity index is 1.45. The van der Waals surface area contributed by atoms with Crippen molar-refractivity contribution in [3.05, 3.63) is 0 Å². The molecule has 0 aromatic carbocycles. The molecule has 0 atom stereocenters. The van der Waals surface area contributed by atoms with Crippen molar-refractivity contribution in [3.63, 3.8) is 0 Å². The average molecular weight is 405 g/mol. The molecule has 0 aliphatic heterocycles. The van der Waals surface area contributed by atoms with Crippen LogP contribution in [0.25, 0.3) is 0 Å². The molecule has 3 fully saturated rings. The third kappa shape index (κ3) is 6.73. The van der Waals surface area contributed by atoms with Crippen molar-refractivity contribution in [1.29, 1.82) is 0 Å². The number of hydrogen-bond acceptors (Lipinski definition) is 2. The van der Waals surface area contributed by atoms with E-state index < -0.39 is 0 Å². The van der Waals surface area contributed by atoms with E-state index in [0.29, 0.717) is 0 Å². The van der Waals surface area contributed by atoms with Crippen molar-refractivity contribution in [2.45, 2.75) is 141 Å². The fraction of sp³-hybridized carbons (Fsp3) is 0.963. The molecule has 0 unspecified atom stereocenters. The monoisotopic (exact) mass is 404 g/mol. The van der Waals surface area contributed by atoms with E-state index in [1.54, 1.807) is 0 Å². The topological polar surface area (TPSA) is 26.3 Å². The second-order valence-corrected chi connectivity index (χ2v) is 10.8. The number of unbranched alkanes of at least 4 members (excludes halogenated alkanes) is 2. The summed E-state index contributed by atoms with van der Waals surface area (Å²) in [4.78, 5) is 12.9. The van der Waals surface area contributed by atoms with Gasteiger partial charge < -0.3 is 4.74 Å². The summed E-state index contributed by atoms with van der Waals surface area (Å²) in [6.07, 6.45) is 24.4. The molecule has 3 saturated carbocycles. The molecule has 3 aliphatic rings. The SMILES string of the molecule is CCCCCC1CCC(C2CCC(CCC)(OC(=O)C3CCCCC3)CC2)CC1. The summed E-state index contributed by atoms with van der Waals surface area (Å²) in [5, 5.41) is 0. The fourth-order valence-electron chi connectivity index (χ4n) is 6.76. The molecule has 2 heteroatoms. The number of carbonyl (C=O) groups excluding carboxylic acids is 1. The van der Waals surface area contributed by atoms with Crippen molar-refractivity contribution in [2.24, 2.45) is 23.7 Å². The second-order valence-electron chi connectivity index (χ2n) is 10.8. The van der Waals surface area contributed by atoms with Gasteiger partial charge in [-0.05, 0) is 75.5 Å². The molecule has 29 heavy (non-hydrogen) atoms. The largest absolute Gasteiger partial charge is 0.459 e. The van der Waals surface area contributed by atoms with Crippen molar-refractivity contribution in [1.82, 2.24) is 0 Å². The van der Waals surface area contributed by atoms with Gasteiger partial charge in [-0.2, -0.15) is 0 Å². The van der Waals surface area contributed by atoms with Crippen LogP contribution in [0.5, 0.6) is 0 Å². The first kappa shape index (κ1) is 23.1. The third-order valence-corrected chi connectivity index (χ3v) is 8.68. The molecule has 0 aromatic rings. The van der Waals surface area contributed by atoms with Crippen LogP contribution in [-0.2, 0) is 9.53 Å². The quantitative estimate of drug-likeness (QED) is 0.286. The van der Waals surface area contributed by atoms with Crippen molar-refractivity contribution in [3.8, 4) is 0 Å². The van der Waals surface area contributed by atoms with Gasteiger partial charge >= 0.3 is 5.97 Å². The Bertz CT molecular complexity index is 463. The van der Waals surface area contributed by atoms with Crippen LogP contribution in [0, 0.1) is 23.7 Å². The molecule has 2 nitrogen and oxygen atoms in total. The number of carbonyl (C=O) groups is 1. The van der Waals surface area contributed by atoms with Gasteiger partial charge in [0.1, 0.15) is 5.60 Å². The van der Waals surface area contributed by atoms with E-state index in [-0.39, 0.29) is 17.5 Å². The highest BCUT2D eigenvalue weighted by atomic mass is 16.6. The molecule has 0 amide bonds. The maximum absolute atomic E-state index is 12.9. The molecule has 3 rings (SSSR count). The van der Waals surface area contributed by atoms with Gasteiger partial charge in [-0.1, -0.05) is 78.1 Å². The van der Waals surface area contributed by atoms with Crippen LogP contribution >= 0.6 is 0 Å². The van der Waals surface area contributed by atoms with Gasteiger partial charge in [-0.3, -0.25) is 4.79 Å². The fourth-order valence-corrected chi connectivity index (χ4v) is 6.76. The van der Waals surface area contributed by atoms with Gasteiger partial charge in [0, 0.05) is 0 Å². The Morgan fingerprint density at radius 1 is 0.793 bits per heavy atom. The van der Waals surface area contributed by atoms with Gasteiger partial charge in [-0.15, -0.1) is 0 Å². The van der Waals surface area contributed by atoms with Gasteiger partial charge in [0.2, 0.25) is 0 Å². The molecule has 168 valence electrons. The first-order chi connectivity index (χ1) is 14.2. The van der Waals surface area contributed by atoms with Gasteiger partial charge in [0.25, 0.3) is 0 Å². The summed E-state index contributed by atoms with van der Waals surface area (Å²) in [6, 6.07) is 0. The number of esters is 1.